The van der Waals surface area contributed by atoms with Gasteiger partial charge in [0.05, 0.1) is 9.67 Å². The summed E-state index contributed by atoms with van der Waals surface area (Å²) in [5.41, 5.74) is 0. The second kappa shape index (κ2) is 5.79. The van der Waals surface area contributed by atoms with Gasteiger partial charge in [-0.1, -0.05) is 0 Å². The molecule has 1 saturated heterocycles. The Balaban J connectivity index is 2.33. The second-order valence-electron chi connectivity index (χ2n) is 3.50. The minimum absolute atomic E-state index is 0.342. The average Bonchev–Trinajstić information content (AvgIpc) is 2.72. The molecule has 0 N–H and O–H groups in total. The van der Waals surface area contributed by atoms with E-state index >= 15 is 0 Å². The maximum Gasteiger partial charge on any atom is 0.245 e. The van der Waals surface area contributed by atoms with E-state index in [4.69, 9.17) is 11.6 Å². The molecule has 1 aliphatic heterocycles. The van der Waals surface area contributed by atoms with Gasteiger partial charge in [0.15, 0.2) is 0 Å². The average molecular weight is 377 g/mol. The van der Waals surface area contributed by atoms with E-state index in [0.717, 1.165) is 16.4 Å². The van der Waals surface area contributed by atoms with Crippen molar-refractivity contribution in [1.82, 2.24) is 4.31 Å². The van der Waals surface area contributed by atoms with Crippen LogP contribution in [-0.4, -0.2) is 37.3 Å². The van der Waals surface area contributed by atoms with Crippen molar-refractivity contribution < 1.29 is 8.42 Å². The summed E-state index contributed by atoms with van der Waals surface area (Å²) in [6.07, 6.45) is 0. The van der Waals surface area contributed by atoms with Crippen molar-refractivity contribution in [2.75, 3.05) is 24.6 Å². The molecule has 1 aromatic heterocycles. The van der Waals surface area contributed by atoms with E-state index in [1.54, 1.807) is 22.1 Å². The molecule has 1 aliphatic rings. The minimum Gasteiger partial charge on any atom is -0.207 e. The van der Waals surface area contributed by atoms with Crippen molar-refractivity contribution >= 4 is 60.7 Å². The first-order chi connectivity index (χ1) is 8.05. The molecule has 0 bridgehead atoms. The molecule has 2 rings (SSSR count). The van der Waals surface area contributed by atoms with Crippen LogP contribution in [0, 0.1) is 0 Å². The van der Waals surface area contributed by atoms with Gasteiger partial charge < -0.3 is 0 Å². The number of hydrogen-bond donors (Lipinski definition) is 0. The maximum atomic E-state index is 12.4. The van der Waals surface area contributed by atoms with Gasteiger partial charge in [-0.3, -0.25) is 0 Å². The van der Waals surface area contributed by atoms with Gasteiger partial charge in [-0.05, 0) is 22.0 Å². The lowest BCUT2D eigenvalue weighted by atomic mass is 10.5. The van der Waals surface area contributed by atoms with Gasteiger partial charge in [0, 0.05) is 29.5 Å². The number of hydrogen-bond acceptors (Lipinski definition) is 4. The van der Waals surface area contributed by atoms with Crippen LogP contribution in [0.3, 0.4) is 0 Å². The molecule has 0 aliphatic carbocycles. The van der Waals surface area contributed by atoms with Crippen LogP contribution in [0.1, 0.15) is 4.88 Å². The third-order valence-electron chi connectivity index (χ3n) is 2.43. The first kappa shape index (κ1) is 14.1. The summed E-state index contributed by atoms with van der Waals surface area (Å²) in [7, 11) is -3.36. The molecular formula is C9H11BrClNO2S3. The van der Waals surface area contributed by atoms with Crippen molar-refractivity contribution in [1.29, 1.82) is 0 Å². The molecule has 0 saturated carbocycles. The lowest BCUT2D eigenvalue weighted by molar-refractivity contribution is 0.443. The molecule has 2 heterocycles. The number of rotatable bonds is 3. The molecule has 17 heavy (non-hydrogen) atoms. The molecule has 0 unspecified atom stereocenters. The lowest BCUT2D eigenvalue weighted by Crippen LogP contribution is -2.37. The van der Waals surface area contributed by atoms with Gasteiger partial charge in [-0.15, -0.1) is 22.9 Å². The molecule has 8 heteroatoms. The molecule has 0 amide bonds. The Morgan fingerprint density at radius 1 is 1.41 bits per heavy atom. The van der Waals surface area contributed by atoms with Crippen LogP contribution in [0.15, 0.2) is 14.7 Å². The van der Waals surface area contributed by atoms with E-state index in [1.165, 1.54) is 11.3 Å². The zero-order valence-electron chi connectivity index (χ0n) is 8.86. The third kappa shape index (κ3) is 3.01. The van der Waals surface area contributed by atoms with E-state index in [-0.39, 0.29) is 0 Å². The highest BCUT2D eigenvalue weighted by Gasteiger charge is 2.29. The van der Waals surface area contributed by atoms with Gasteiger partial charge in [-0.25, -0.2) is 8.42 Å². The summed E-state index contributed by atoms with van der Waals surface area (Å²) in [5.74, 6) is 2.07. The molecule has 0 radical (unpaired) electrons. The first-order valence-corrected chi connectivity index (χ1v) is 9.71. The summed E-state index contributed by atoms with van der Waals surface area (Å²) in [6, 6.07) is 1.67. The Labute approximate surface area is 123 Å². The SMILES string of the molecule is O=S(=O)(c1cc(CCl)sc1Br)N1CCSCC1. The van der Waals surface area contributed by atoms with Crippen LogP contribution in [0.4, 0.5) is 0 Å². The quantitative estimate of drug-likeness (QED) is 0.761. The zero-order chi connectivity index (χ0) is 12.5. The van der Waals surface area contributed by atoms with Crippen molar-refractivity contribution in [3.8, 4) is 0 Å². The monoisotopic (exact) mass is 375 g/mol. The second-order valence-corrected chi connectivity index (χ2v) is 9.35. The van der Waals surface area contributed by atoms with Crippen LogP contribution >= 0.6 is 50.6 Å². The molecule has 3 nitrogen and oxygen atoms in total. The van der Waals surface area contributed by atoms with E-state index in [1.807, 2.05) is 0 Å². The van der Waals surface area contributed by atoms with E-state index in [9.17, 15) is 8.42 Å². The minimum atomic E-state index is -3.36. The predicted molar refractivity (Wildman–Crippen MR) is 77.7 cm³/mol. The van der Waals surface area contributed by atoms with Crippen LogP contribution in [0.5, 0.6) is 0 Å². The Hall–Kier alpha value is 0.730. The predicted octanol–water partition coefficient (Wildman–Crippen LogP) is 2.99. The Bertz CT molecular complexity index is 496. The van der Waals surface area contributed by atoms with Gasteiger partial charge in [0.1, 0.15) is 4.90 Å². The number of sulfonamides is 1. The molecule has 0 atom stereocenters. The lowest BCUT2D eigenvalue weighted by Gasteiger charge is -2.25. The molecule has 0 aromatic carbocycles. The number of thiophene rings is 1. The van der Waals surface area contributed by atoms with E-state index in [0.29, 0.717) is 27.7 Å². The largest absolute Gasteiger partial charge is 0.245 e. The molecular weight excluding hydrogens is 366 g/mol. The van der Waals surface area contributed by atoms with Crippen LogP contribution in [-0.2, 0) is 15.9 Å². The number of thioether (sulfide) groups is 1. The fourth-order valence-electron chi connectivity index (χ4n) is 1.57. The van der Waals surface area contributed by atoms with Crippen LogP contribution in [0.25, 0.3) is 0 Å². The number of nitrogens with zero attached hydrogens (tertiary/aromatic N) is 1. The molecule has 1 fully saturated rings. The van der Waals surface area contributed by atoms with Gasteiger partial charge in [0.25, 0.3) is 0 Å². The number of alkyl halides is 1. The van der Waals surface area contributed by atoms with Gasteiger partial charge >= 0.3 is 0 Å². The third-order valence-corrected chi connectivity index (χ3v) is 7.97. The van der Waals surface area contributed by atoms with Crippen molar-refractivity contribution in [3.05, 3.63) is 14.7 Å². The standard InChI is InChI=1S/C9H11BrClNO2S3/c10-9-8(5-7(6-11)16-9)17(13,14)12-1-3-15-4-2-12/h5H,1-4,6H2. The van der Waals surface area contributed by atoms with Crippen molar-refractivity contribution in [2.45, 2.75) is 10.8 Å². The smallest absolute Gasteiger partial charge is 0.207 e. The maximum absolute atomic E-state index is 12.4. The van der Waals surface area contributed by atoms with Crippen LogP contribution in [0.2, 0.25) is 0 Å². The van der Waals surface area contributed by atoms with Crippen molar-refractivity contribution in [2.24, 2.45) is 0 Å². The molecule has 96 valence electrons. The summed E-state index contributed by atoms with van der Waals surface area (Å²) in [6.45, 7) is 1.18. The Morgan fingerprint density at radius 2 is 2.06 bits per heavy atom. The fraction of sp³-hybridized carbons (Fsp3) is 0.556. The van der Waals surface area contributed by atoms with Gasteiger partial charge in [-0.2, -0.15) is 16.1 Å². The molecule has 0 spiro atoms. The fourth-order valence-corrected chi connectivity index (χ4v) is 6.86. The first-order valence-electron chi connectivity index (χ1n) is 4.98. The van der Waals surface area contributed by atoms with Crippen molar-refractivity contribution in [3.63, 3.8) is 0 Å². The Kier molecular flexibility index (Phi) is 4.82. The highest BCUT2D eigenvalue weighted by atomic mass is 79.9. The Morgan fingerprint density at radius 3 is 2.59 bits per heavy atom. The normalized spacial score (nSPS) is 18.5. The summed E-state index contributed by atoms with van der Waals surface area (Å²) < 4.78 is 27.0. The highest BCUT2D eigenvalue weighted by Crippen LogP contribution is 2.34. The van der Waals surface area contributed by atoms with E-state index < -0.39 is 10.0 Å². The summed E-state index contributed by atoms with van der Waals surface area (Å²) in [4.78, 5) is 1.22. The van der Waals surface area contributed by atoms with E-state index in [2.05, 4.69) is 15.9 Å². The van der Waals surface area contributed by atoms with Gasteiger partial charge in [0.2, 0.25) is 10.0 Å². The van der Waals surface area contributed by atoms with Crippen LogP contribution < -0.4 is 0 Å². The number of halogens is 2. The zero-order valence-corrected chi connectivity index (χ0v) is 13.6. The molecule has 1 aromatic rings. The highest BCUT2D eigenvalue weighted by molar-refractivity contribution is 9.11. The summed E-state index contributed by atoms with van der Waals surface area (Å²) >= 11 is 12.2. The summed E-state index contributed by atoms with van der Waals surface area (Å²) in [5, 5.41) is 0. The topological polar surface area (TPSA) is 37.4 Å².